The standard InChI is InChI=1S/C11H5BrCl2N2/c12-7-3-1-6(2-4-7)10-8(5-15)9(13)11(14)16-10/h1-4,16H. The molecular formula is C11H5BrCl2N2. The van der Waals surface area contributed by atoms with Gasteiger partial charge in [0, 0.05) is 4.47 Å². The van der Waals surface area contributed by atoms with Crippen molar-refractivity contribution in [3.05, 3.63) is 44.5 Å². The molecule has 5 heteroatoms. The Bertz CT molecular complexity index is 567. The summed E-state index contributed by atoms with van der Waals surface area (Å²) in [4.78, 5) is 2.90. The third-order valence-corrected chi connectivity index (χ3v) is 3.43. The number of aromatic amines is 1. The summed E-state index contributed by atoms with van der Waals surface area (Å²) >= 11 is 15.1. The van der Waals surface area contributed by atoms with Gasteiger partial charge in [0.05, 0.1) is 16.3 Å². The maximum Gasteiger partial charge on any atom is 0.127 e. The molecule has 80 valence electrons. The number of nitrogens with one attached hydrogen (secondary N) is 1. The van der Waals surface area contributed by atoms with Crippen molar-refractivity contribution < 1.29 is 0 Å². The van der Waals surface area contributed by atoms with Gasteiger partial charge in [0.25, 0.3) is 0 Å². The lowest BCUT2D eigenvalue weighted by Gasteiger charge is -1.99. The number of aromatic nitrogens is 1. The van der Waals surface area contributed by atoms with Crippen molar-refractivity contribution in [2.45, 2.75) is 0 Å². The molecule has 1 aromatic heterocycles. The van der Waals surface area contributed by atoms with Gasteiger partial charge in [-0.2, -0.15) is 5.26 Å². The number of hydrogen-bond donors (Lipinski definition) is 1. The molecule has 0 aliphatic rings. The number of rotatable bonds is 1. The van der Waals surface area contributed by atoms with E-state index >= 15 is 0 Å². The minimum Gasteiger partial charge on any atom is -0.343 e. The third kappa shape index (κ3) is 1.97. The minimum absolute atomic E-state index is 0.266. The Morgan fingerprint density at radius 3 is 2.38 bits per heavy atom. The van der Waals surface area contributed by atoms with E-state index in [1.807, 2.05) is 30.3 Å². The molecule has 1 N–H and O–H groups in total. The largest absolute Gasteiger partial charge is 0.343 e. The predicted molar refractivity (Wildman–Crippen MR) is 68.7 cm³/mol. The summed E-state index contributed by atoms with van der Waals surface area (Å²) in [6.45, 7) is 0. The van der Waals surface area contributed by atoms with Crippen molar-refractivity contribution in [3.63, 3.8) is 0 Å². The van der Waals surface area contributed by atoms with Crippen LogP contribution in [0.4, 0.5) is 0 Å². The van der Waals surface area contributed by atoms with Gasteiger partial charge in [0.1, 0.15) is 11.2 Å². The fraction of sp³-hybridized carbons (Fsp3) is 0. The smallest absolute Gasteiger partial charge is 0.127 e. The molecule has 1 aromatic carbocycles. The Labute approximate surface area is 111 Å². The highest BCUT2D eigenvalue weighted by Gasteiger charge is 2.15. The first-order chi connectivity index (χ1) is 7.63. The van der Waals surface area contributed by atoms with Crippen LogP contribution in [0.15, 0.2) is 28.7 Å². The van der Waals surface area contributed by atoms with Gasteiger partial charge in [-0.1, -0.05) is 51.3 Å². The quantitative estimate of drug-likeness (QED) is 0.819. The van der Waals surface area contributed by atoms with Crippen molar-refractivity contribution in [1.82, 2.24) is 4.98 Å². The van der Waals surface area contributed by atoms with E-state index in [0.29, 0.717) is 11.3 Å². The molecular weight excluding hydrogens is 311 g/mol. The summed E-state index contributed by atoms with van der Waals surface area (Å²) in [5, 5.41) is 9.56. The fourth-order valence-electron chi connectivity index (χ4n) is 1.38. The summed E-state index contributed by atoms with van der Waals surface area (Å²) in [5.74, 6) is 0. The second-order valence-electron chi connectivity index (χ2n) is 3.12. The molecule has 0 atom stereocenters. The zero-order valence-electron chi connectivity index (χ0n) is 7.89. The average Bonchev–Trinajstić information content (AvgIpc) is 2.56. The van der Waals surface area contributed by atoms with Crippen LogP contribution in [-0.2, 0) is 0 Å². The second-order valence-corrected chi connectivity index (χ2v) is 4.79. The van der Waals surface area contributed by atoms with Crippen LogP contribution in [0.5, 0.6) is 0 Å². The lowest BCUT2D eigenvalue weighted by atomic mass is 10.1. The molecule has 0 saturated heterocycles. The molecule has 0 unspecified atom stereocenters. The molecule has 2 rings (SSSR count). The number of H-pyrrole nitrogens is 1. The van der Waals surface area contributed by atoms with Crippen LogP contribution in [0.3, 0.4) is 0 Å². The molecule has 0 amide bonds. The Hall–Kier alpha value is -0.950. The summed E-state index contributed by atoms with van der Waals surface area (Å²) in [6.07, 6.45) is 0. The van der Waals surface area contributed by atoms with E-state index in [2.05, 4.69) is 20.9 Å². The third-order valence-electron chi connectivity index (χ3n) is 2.14. The summed E-state index contributed by atoms with van der Waals surface area (Å²) in [6, 6.07) is 9.57. The minimum atomic E-state index is 0.266. The lowest BCUT2D eigenvalue weighted by Crippen LogP contribution is -1.81. The molecule has 0 fully saturated rings. The van der Waals surface area contributed by atoms with Crippen LogP contribution in [0.25, 0.3) is 11.3 Å². The van der Waals surface area contributed by atoms with Crippen molar-refractivity contribution in [2.24, 2.45) is 0 Å². The van der Waals surface area contributed by atoms with Gasteiger partial charge in [-0.3, -0.25) is 0 Å². The molecule has 0 radical (unpaired) electrons. The molecule has 1 heterocycles. The Balaban J connectivity index is 2.61. The molecule has 0 spiro atoms. The topological polar surface area (TPSA) is 39.6 Å². The highest BCUT2D eigenvalue weighted by atomic mass is 79.9. The predicted octanol–water partition coefficient (Wildman–Crippen LogP) is 4.62. The van der Waals surface area contributed by atoms with Crippen LogP contribution >= 0.6 is 39.1 Å². The fourth-order valence-corrected chi connectivity index (χ4v) is 2.02. The number of halogens is 3. The molecule has 0 bridgehead atoms. The van der Waals surface area contributed by atoms with Gasteiger partial charge in [0.2, 0.25) is 0 Å². The van der Waals surface area contributed by atoms with Gasteiger partial charge in [0.15, 0.2) is 0 Å². The van der Waals surface area contributed by atoms with Crippen molar-refractivity contribution in [3.8, 4) is 17.3 Å². The first-order valence-corrected chi connectivity index (χ1v) is 5.91. The van der Waals surface area contributed by atoms with E-state index < -0.39 is 0 Å². The van der Waals surface area contributed by atoms with E-state index in [1.165, 1.54) is 0 Å². The lowest BCUT2D eigenvalue weighted by molar-refractivity contribution is 1.39. The Morgan fingerprint density at radius 2 is 1.81 bits per heavy atom. The second kappa shape index (κ2) is 4.50. The van der Waals surface area contributed by atoms with Crippen molar-refractivity contribution in [2.75, 3.05) is 0 Å². The molecule has 2 nitrogen and oxygen atoms in total. The average molecular weight is 316 g/mol. The number of benzene rings is 1. The highest BCUT2D eigenvalue weighted by molar-refractivity contribution is 9.10. The van der Waals surface area contributed by atoms with Crippen LogP contribution in [0.1, 0.15) is 5.56 Å². The number of nitrogens with zero attached hydrogens (tertiary/aromatic N) is 1. The molecule has 0 saturated carbocycles. The maximum absolute atomic E-state index is 9.01. The first kappa shape index (κ1) is 11.5. The first-order valence-electron chi connectivity index (χ1n) is 4.36. The van der Waals surface area contributed by atoms with Crippen LogP contribution in [-0.4, -0.2) is 4.98 Å². The van der Waals surface area contributed by atoms with Crippen LogP contribution in [0, 0.1) is 11.3 Å². The van der Waals surface area contributed by atoms with E-state index in [0.717, 1.165) is 10.0 Å². The van der Waals surface area contributed by atoms with Crippen molar-refractivity contribution in [1.29, 1.82) is 5.26 Å². The number of hydrogen-bond acceptors (Lipinski definition) is 1. The number of nitriles is 1. The van der Waals surface area contributed by atoms with Gasteiger partial charge in [-0.25, -0.2) is 0 Å². The maximum atomic E-state index is 9.01. The normalized spacial score (nSPS) is 10.1. The zero-order chi connectivity index (χ0) is 11.7. The Kier molecular flexibility index (Phi) is 3.25. The molecule has 2 aromatic rings. The van der Waals surface area contributed by atoms with Crippen LogP contribution < -0.4 is 0 Å². The van der Waals surface area contributed by atoms with Gasteiger partial charge in [-0.05, 0) is 17.7 Å². The molecule has 0 aliphatic heterocycles. The van der Waals surface area contributed by atoms with Gasteiger partial charge < -0.3 is 4.98 Å². The van der Waals surface area contributed by atoms with E-state index in [1.54, 1.807) is 0 Å². The zero-order valence-corrected chi connectivity index (χ0v) is 11.0. The van der Waals surface area contributed by atoms with Gasteiger partial charge >= 0.3 is 0 Å². The van der Waals surface area contributed by atoms with Gasteiger partial charge in [-0.15, -0.1) is 0 Å². The summed E-state index contributed by atoms with van der Waals surface area (Å²) in [7, 11) is 0. The van der Waals surface area contributed by atoms with E-state index in [-0.39, 0.29) is 10.2 Å². The van der Waals surface area contributed by atoms with E-state index in [9.17, 15) is 0 Å². The SMILES string of the molecule is N#Cc1c(-c2ccc(Br)cc2)[nH]c(Cl)c1Cl. The molecule has 16 heavy (non-hydrogen) atoms. The van der Waals surface area contributed by atoms with Crippen LogP contribution in [0.2, 0.25) is 10.2 Å². The highest BCUT2D eigenvalue weighted by Crippen LogP contribution is 2.34. The summed E-state index contributed by atoms with van der Waals surface area (Å²) < 4.78 is 0.971. The monoisotopic (exact) mass is 314 g/mol. The van der Waals surface area contributed by atoms with E-state index in [4.69, 9.17) is 28.5 Å². The molecule has 0 aliphatic carbocycles. The Morgan fingerprint density at radius 1 is 1.19 bits per heavy atom. The summed E-state index contributed by atoms with van der Waals surface area (Å²) in [5.41, 5.74) is 1.88. The van der Waals surface area contributed by atoms with Crippen molar-refractivity contribution >= 4 is 39.1 Å².